The zero-order valence-electron chi connectivity index (χ0n) is 10.5. The van der Waals surface area contributed by atoms with Gasteiger partial charge in [-0.2, -0.15) is 5.10 Å². The van der Waals surface area contributed by atoms with Crippen LogP contribution in [0.3, 0.4) is 0 Å². The minimum absolute atomic E-state index is 0.129. The largest absolute Gasteiger partial charge is 0.370 e. The zero-order valence-corrected chi connectivity index (χ0v) is 10.5. The van der Waals surface area contributed by atoms with Gasteiger partial charge in [0.05, 0.1) is 11.7 Å². The molecule has 19 heavy (non-hydrogen) atoms. The molecule has 1 heterocycles. The number of hydrogen-bond acceptors (Lipinski definition) is 3. The summed E-state index contributed by atoms with van der Waals surface area (Å²) in [7, 11) is 0. The minimum Gasteiger partial charge on any atom is -0.370 e. The van der Waals surface area contributed by atoms with Crippen LogP contribution < -0.4 is 11.1 Å². The fourth-order valence-electron chi connectivity index (χ4n) is 1.81. The molecule has 0 aliphatic heterocycles. The average Bonchev–Trinajstić information content (AvgIpc) is 2.84. The first-order chi connectivity index (χ1) is 9.16. The Bertz CT molecular complexity index is 591. The van der Waals surface area contributed by atoms with Crippen LogP contribution in [0, 0.1) is 0 Å². The van der Waals surface area contributed by atoms with Crippen LogP contribution in [0.15, 0.2) is 24.4 Å². The lowest BCUT2D eigenvalue weighted by molar-refractivity contribution is -0.118. The Morgan fingerprint density at radius 1 is 1.32 bits per heavy atom. The third-order valence-corrected chi connectivity index (χ3v) is 2.84. The number of nitrogens with one attached hydrogen (secondary N) is 2. The molecule has 0 saturated carbocycles. The van der Waals surface area contributed by atoms with Gasteiger partial charge in [-0.1, -0.05) is 6.07 Å². The highest BCUT2D eigenvalue weighted by molar-refractivity contribution is 5.97. The predicted molar refractivity (Wildman–Crippen MR) is 71.5 cm³/mol. The fraction of sp³-hybridized carbons (Fsp3) is 0.308. The van der Waals surface area contributed by atoms with Crippen molar-refractivity contribution in [3.63, 3.8) is 0 Å². The minimum atomic E-state index is -0.309. The molecule has 0 bridgehead atoms. The number of nitrogens with two attached hydrogens (primary N) is 1. The summed E-state index contributed by atoms with van der Waals surface area (Å²) in [4.78, 5) is 22.4. The molecule has 100 valence electrons. The number of carbonyl (C=O) groups excluding carboxylic acids is 2. The number of aromatic amines is 1. The van der Waals surface area contributed by atoms with Gasteiger partial charge in [-0.05, 0) is 25.0 Å². The lowest BCUT2D eigenvalue weighted by atomic mass is 10.1. The molecule has 6 nitrogen and oxygen atoms in total. The van der Waals surface area contributed by atoms with Crippen molar-refractivity contribution in [2.75, 3.05) is 6.54 Å². The highest BCUT2D eigenvalue weighted by Crippen LogP contribution is 2.12. The molecule has 6 heteroatoms. The third kappa shape index (κ3) is 3.54. The van der Waals surface area contributed by atoms with Crippen molar-refractivity contribution in [1.29, 1.82) is 0 Å². The number of unbranched alkanes of at least 4 members (excludes halogenated alkanes) is 1. The second kappa shape index (κ2) is 5.99. The van der Waals surface area contributed by atoms with Gasteiger partial charge in [0.15, 0.2) is 0 Å². The van der Waals surface area contributed by atoms with E-state index in [4.69, 9.17) is 5.73 Å². The Kier molecular flexibility index (Phi) is 4.12. The van der Waals surface area contributed by atoms with E-state index in [2.05, 4.69) is 15.5 Å². The Morgan fingerprint density at radius 2 is 2.16 bits per heavy atom. The summed E-state index contributed by atoms with van der Waals surface area (Å²) in [5, 5.41) is 10.5. The Labute approximate surface area is 110 Å². The quantitative estimate of drug-likeness (QED) is 0.674. The highest BCUT2D eigenvalue weighted by Gasteiger charge is 2.06. The molecular formula is C13H16N4O2. The Balaban J connectivity index is 1.84. The molecule has 0 aliphatic rings. The van der Waals surface area contributed by atoms with Crippen molar-refractivity contribution in [2.45, 2.75) is 19.3 Å². The maximum absolute atomic E-state index is 11.9. The van der Waals surface area contributed by atoms with E-state index < -0.39 is 0 Å². The van der Waals surface area contributed by atoms with Crippen molar-refractivity contribution < 1.29 is 9.59 Å². The van der Waals surface area contributed by atoms with Gasteiger partial charge in [0.1, 0.15) is 0 Å². The summed E-state index contributed by atoms with van der Waals surface area (Å²) in [6.45, 7) is 0.535. The van der Waals surface area contributed by atoms with Gasteiger partial charge in [-0.15, -0.1) is 0 Å². The number of primary amides is 1. The van der Waals surface area contributed by atoms with Crippen LogP contribution in [0.5, 0.6) is 0 Å². The lowest BCUT2D eigenvalue weighted by Crippen LogP contribution is -2.24. The van der Waals surface area contributed by atoms with Gasteiger partial charge >= 0.3 is 0 Å². The maximum atomic E-state index is 11.9. The number of rotatable bonds is 6. The molecule has 0 fully saturated rings. The number of fused-ring (bicyclic) bond motifs is 1. The molecule has 0 spiro atoms. The van der Waals surface area contributed by atoms with Crippen LogP contribution in [-0.2, 0) is 4.79 Å². The molecule has 2 amide bonds. The molecule has 4 N–H and O–H groups in total. The van der Waals surface area contributed by atoms with Gasteiger partial charge in [0.2, 0.25) is 5.91 Å². The normalized spacial score (nSPS) is 10.5. The van der Waals surface area contributed by atoms with Crippen LogP contribution in [0.4, 0.5) is 0 Å². The summed E-state index contributed by atoms with van der Waals surface area (Å²) in [6, 6.07) is 5.37. The van der Waals surface area contributed by atoms with Crippen LogP contribution in [0.1, 0.15) is 29.6 Å². The molecular weight excluding hydrogens is 244 g/mol. The fourth-order valence-corrected chi connectivity index (χ4v) is 1.81. The summed E-state index contributed by atoms with van der Waals surface area (Å²) in [5.74, 6) is -0.438. The molecule has 0 atom stereocenters. The number of hydrogen-bond donors (Lipinski definition) is 3. The van der Waals surface area contributed by atoms with Gasteiger partial charge in [0.25, 0.3) is 5.91 Å². The van der Waals surface area contributed by atoms with Crippen LogP contribution in [-0.4, -0.2) is 28.6 Å². The molecule has 0 saturated heterocycles. The molecule has 0 unspecified atom stereocenters. The zero-order chi connectivity index (χ0) is 13.7. The Morgan fingerprint density at radius 3 is 2.95 bits per heavy atom. The second-order valence-electron chi connectivity index (χ2n) is 4.35. The standard InChI is InChI=1S/C13H16N4O2/c14-12(18)3-1-2-6-15-13(19)9-4-5-10-8-16-17-11(10)7-9/h4-5,7-8H,1-3,6H2,(H2,14,18)(H,15,19)(H,16,17). The van der Waals surface area contributed by atoms with E-state index in [-0.39, 0.29) is 11.8 Å². The average molecular weight is 260 g/mol. The molecule has 2 aromatic rings. The van der Waals surface area contributed by atoms with Gasteiger partial charge in [0, 0.05) is 23.9 Å². The SMILES string of the molecule is NC(=O)CCCCNC(=O)c1ccc2cn[nH]c2c1. The van der Waals surface area contributed by atoms with Crippen molar-refractivity contribution in [3.8, 4) is 0 Å². The van der Waals surface area contributed by atoms with E-state index in [1.54, 1.807) is 18.3 Å². The number of benzene rings is 1. The van der Waals surface area contributed by atoms with Crippen LogP contribution >= 0.6 is 0 Å². The number of H-pyrrole nitrogens is 1. The first-order valence-corrected chi connectivity index (χ1v) is 6.16. The van der Waals surface area contributed by atoms with Crippen LogP contribution in [0.2, 0.25) is 0 Å². The van der Waals surface area contributed by atoms with Crippen molar-refractivity contribution in [2.24, 2.45) is 5.73 Å². The van der Waals surface area contributed by atoms with E-state index in [0.717, 1.165) is 17.3 Å². The number of nitrogens with zero attached hydrogens (tertiary/aromatic N) is 1. The number of carbonyl (C=O) groups is 2. The predicted octanol–water partition coefficient (Wildman–Crippen LogP) is 0.948. The van der Waals surface area contributed by atoms with Gasteiger partial charge in [-0.25, -0.2) is 0 Å². The monoisotopic (exact) mass is 260 g/mol. The van der Waals surface area contributed by atoms with E-state index in [1.807, 2.05) is 6.07 Å². The second-order valence-corrected chi connectivity index (χ2v) is 4.35. The van der Waals surface area contributed by atoms with E-state index in [9.17, 15) is 9.59 Å². The molecule has 0 radical (unpaired) electrons. The van der Waals surface area contributed by atoms with E-state index >= 15 is 0 Å². The molecule has 1 aromatic heterocycles. The highest BCUT2D eigenvalue weighted by atomic mass is 16.2. The van der Waals surface area contributed by atoms with Gasteiger partial charge in [-0.3, -0.25) is 14.7 Å². The summed E-state index contributed by atoms with van der Waals surface area (Å²) < 4.78 is 0. The molecule has 2 rings (SSSR count). The van der Waals surface area contributed by atoms with Crippen molar-refractivity contribution in [1.82, 2.24) is 15.5 Å². The number of amides is 2. The first-order valence-electron chi connectivity index (χ1n) is 6.16. The Hall–Kier alpha value is -2.37. The third-order valence-electron chi connectivity index (χ3n) is 2.84. The molecule has 1 aromatic carbocycles. The summed E-state index contributed by atoms with van der Waals surface area (Å²) in [5.41, 5.74) is 6.46. The first kappa shape index (κ1) is 13.1. The summed E-state index contributed by atoms with van der Waals surface area (Å²) in [6.07, 6.45) is 3.49. The van der Waals surface area contributed by atoms with Crippen molar-refractivity contribution >= 4 is 22.7 Å². The summed E-state index contributed by atoms with van der Waals surface area (Å²) >= 11 is 0. The maximum Gasteiger partial charge on any atom is 0.251 e. The van der Waals surface area contributed by atoms with E-state index in [1.165, 1.54) is 0 Å². The van der Waals surface area contributed by atoms with Gasteiger partial charge < -0.3 is 11.1 Å². The van der Waals surface area contributed by atoms with Crippen LogP contribution in [0.25, 0.3) is 10.9 Å². The lowest BCUT2D eigenvalue weighted by Gasteiger charge is -2.04. The molecule has 0 aliphatic carbocycles. The topological polar surface area (TPSA) is 101 Å². The number of aromatic nitrogens is 2. The van der Waals surface area contributed by atoms with E-state index in [0.29, 0.717) is 24.9 Å². The van der Waals surface area contributed by atoms with Crippen molar-refractivity contribution in [3.05, 3.63) is 30.0 Å². The smallest absolute Gasteiger partial charge is 0.251 e.